The minimum atomic E-state index is -0.0935. The van der Waals surface area contributed by atoms with Gasteiger partial charge >= 0.3 is 0 Å². The lowest BCUT2D eigenvalue weighted by molar-refractivity contribution is 0.357. The first kappa shape index (κ1) is 11.8. The van der Waals surface area contributed by atoms with Gasteiger partial charge in [-0.3, -0.25) is 5.84 Å². The van der Waals surface area contributed by atoms with Gasteiger partial charge in [-0.25, -0.2) is 5.43 Å². The van der Waals surface area contributed by atoms with Crippen molar-refractivity contribution in [3.8, 4) is 5.75 Å². The van der Waals surface area contributed by atoms with Gasteiger partial charge in [0.1, 0.15) is 5.75 Å². The van der Waals surface area contributed by atoms with Crippen LogP contribution in [0.1, 0.15) is 22.7 Å². The lowest BCUT2D eigenvalue weighted by Gasteiger charge is -2.16. The van der Waals surface area contributed by atoms with E-state index in [-0.39, 0.29) is 6.04 Å². The molecule has 2 heterocycles. The fourth-order valence-electron chi connectivity index (χ4n) is 2.26. The molecule has 1 atom stereocenters. The summed E-state index contributed by atoms with van der Waals surface area (Å²) in [5, 5.41) is 0. The van der Waals surface area contributed by atoms with E-state index in [9.17, 15) is 0 Å². The summed E-state index contributed by atoms with van der Waals surface area (Å²) in [6.45, 7) is 0.759. The number of furan rings is 1. The second kappa shape index (κ2) is 4.76. The molecule has 2 aromatic rings. The summed E-state index contributed by atoms with van der Waals surface area (Å²) in [6.07, 6.45) is 2.59. The van der Waals surface area contributed by atoms with Crippen molar-refractivity contribution in [1.82, 2.24) is 5.43 Å². The van der Waals surface area contributed by atoms with Crippen LogP contribution in [0.2, 0.25) is 0 Å². The number of hydrogen-bond donors (Lipinski definition) is 2. The maximum absolute atomic E-state index is 5.67. The Morgan fingerprint density at radius 3 is 2.94 bits per heavy atom. The van der Waals surface area contributed by atoms with Crippen molar-refractivity contribution in [3.05, 3.63) is 51.9 Å². The molecule has 4 nitrogen and oxygen atoms in total. The monoisotopic (exact) mass is 308 g/mol. The van der Waals surface area contributed by atoms with E-state index in [0.717, 1.165) is 29.9 Å². The summed E-state index contributed by atoms with van der Waals surface area (Å²) in [5.41, 5.74) is 6.13. The van der Waals surface area contributed by atoms with Crippen LogP contribution in [0.25, 0.3) is 0 Å². The van der Waals surface area contributed by atoms with Crippen molar-refractivity contribution < 1.29 is 9.15 Å². The normalized spacial score (nSPS) is 15.2. The smallest absolute Gasteiger partial charge is 0.174 e. The zero-order chi connectivity index (χ0) is 12.5. The highest BCUT2D eigenvalue weighted by atomic mass is 79.9. The number of rotatable bonds is 3. The SMILES string of the molecule is NNC(c1ccc2c(c1)CCO2)c1ccoc1Br. The molecule has 1 aliphatic rings. The van der Waals surface area contributed by atoms with Gasteiger partial charge in [0.15, 0.2) is 4.67 Å². The fourth-order valence-corrected chi connectivity index (χ4v) is 2.73. The van der Waals surface area contributed by atoms with Gasteiger partial charge in [-0.1, -0.05) is 12.1 Å². The van der Waals surface area contributed by atoms with Crippen molar-refractivity contribution in [3.63, 3.8) is 0 Å². The van der Waals surface area contributed by atoms with Crippen molar-refractivity contribution in [1.29, 1.82) is 0 Å². The molecule has 3 rings (SSSR count). The molecule has 0 amide bonds. The summed E-state index contributed by atoms with van der Waals surface area (Å²) >= 11 is 3.38. The van der Waals surface area contributed by atoms with E-state index in [1.807, 2.05) is 18.2 Å². The Hall–Kier alpha value is -1.30. The number of nitrogens with one attached hydrogen (secondary N) is 1. The van der Waals surface area contributed by atoms with E-state index in [1.165, 1.54) is 5.56 Å². The second-order valence-electron chi connectivity index (χ2n) is 4.21. The molecule has 94 valence electrons. The molecule has 3 N–H and O–H groups in total. The van der Waals surface area contributed by atoms with Crippen LogP contribution in [0.3, 0.4) is 0 Å². The number of hydrogen-bond acceptors (Lipinski definition) is 4. The highest BCUT2D eigenvalue weighted by Crippen LogP contribution is 2.33. The number of ether oxygens (including phenoxy) is 1. The second-order valence-corrected chi connectivity index (χ2v) is 4.94. The van der Waals surface area contributed by atoms with Crippen LogP contribution in [0.5, 0.6) is 5.75 Å². The van der Waals surface area contributed by atoms with E-state index < -0.39 is 0 Å². The van der Waals surface area contributed by atoms with Crippen LogP contribution >= 0.6 is 15.9 Å². The minimum absolute atomic E-state index is 0.0935. The number of fused-ring (bicyclic) bond motifs is 1. The molecule has 1 unspecified atom stereocenters. The van der Waals surface area contributed by atoms with Crippen molar-refractivity contribution in [2.75, 3.05) is 6.61 Å². The summed E-state index contributed by atoms with van der Waals surface area (Å²) in [5.74, 6) is 6.64. The number of halogens is 1. The van der Waals surface area contributed by atoms with Gasteiger partial charge in [-0.05, 0) is 39.2 Å². The van der Waals surface area contributed by atoms with Crippen LogP contribution in [-0.2, 0) is 6.42 Å². The molecule has 1 aliphatic heterocycles. The predicted octanol–water partition coefficient (Wildman–Crippen LogP) is 2.53. The van der Waals surface area contributed by atoms with Gasteiger partial charge in [0, 0.05) is 12.0 Å². The third-order valence-electron chi connectivity index (χ3n) is 3.17. The van der Waals surface area contributed by atoms with Gasteiger partial charge in [0.05, 0.1) is 18.9 Å². The average Bonchev–Trinajstić information content (AvgIpc) is 2.99. The van der Waals surface area contributed by atoms with Gasteiger partial charge in [-0.2, -0.15) is 0 Å². The third-order valence-corrected chi connectivity index (χ3v) is 3.82. The Kier molecular flexibility index (Phi) is 3.11. The highest BCUT2D eigenvalue weighted by Gasteiger charge is 2.20. The zero-order valence-corrected chi connectivity index (χ0v) is 11.2. The molecule has 0 saturated carbocycles. The first-order valence-electron chi connectivity index (χ1n) is 5.74. The highest BCUT2D eigenvalue weighted by molar-refractivity contribution is 9.10. The topological polar surface area (TPSA) is 60.4 Å². The molecule has 0 fully saturated rings. The number of nitrogens with two attached hydrogens (primary N) is 1. The predicted molar refractivity (Wildman–Crippen MR) is 71.2 cm³/mol. The Bertz CT molecular complexity index is 568. The first-order chi connectivity index (χ1) is 8.79. The van der Waals surface area contributed by atoms with E-state index in [0.29, 0.717) is 4.67 Å². The Morgan fingerprint density at radius 2 is 2.22 bits per heavy atom. The molecular formula is C13H13BrN2O2. The van der Waals surface area contributed by atoms with Gasteiger partial charge in [0.2, 0.25) is 0 Å². The summed E-state index contributed by atoms with van der Waals surface area (Å²) < 4.78 is 11.5. The summed E-state index contributed by atoms with van der Waals surface area (Å²) in [4.78, 5) is 0. The minimum Gasteiger partial charge on any atom is -0.493 e. The Balaban J connectivity index is 2.00. The molecule has 0 spiro atoms. The first-order valence-corrected chi connectivity index (χ1v) is 6.53. The fraction of sp³-hybridized carbons (Fsp3) is 0.231. The van der Waals surface area contributed by atoms with Gasteiger partial charge in [-0.15, -0.1) is 0 Å². The summed E-state index contributed by atoms with van der Waals surface area (Å²) in [6, 6.07) is 7.96. The molecule has 1 aromatic carbocycles. The van der Waals surface area contributed by atoms with E-state index in [4.69, 9.17) is 15.0 Å². The number of benzene rings is 1. The van der Waals surface area contributed by atoms with Crippen molar-refractivity contribution >= 4 is 15.9 Å². The Morgan fingerprint density at radius 1 is 1.33 bits per heavy atom. The maximum Gasteiger partial charge on any atom is 0.174 e. The lowest BCUT2D eigenvalue weighted by Crippen LogP contribution is -2.28. The number of hydrazine groups is 1. The van der Waals surface area contributed by atoms with Crippen molar-refractivity contribution in [2.45, 2.75) is 12.5 Å². The lowest BCUT2D eigenvalue weighted by atomic mass is 9.99. The van der Waals surface area contributed by atoms with Gasteiger partial charge < -0.3 is 9.15 Å². The molecule has 0 radical (unpaired) electrons. The molecule has 1 aromatic heterocycles. The maximum atomic E-state index is 5.67. The van der Waals surface area contributed by atoms with Crippen LogP contribution < -0.4 is 16.0 Å². The Labute approximate surface area is 113 Å². The molecule has 0 saturated heterocycles. The van der Waals surface area contributed by atoms with E-state index in [2.05, 4.69) is 27.4 Å². The van der Waals surface area contributed by atoms with Crippen LogP contribution in [-0.4, -0.2) is 6.61 Å². The van der Waals surface area contributed by atoms with Crippen LogP contribution in [0.4, 0.5) is 0 Å². The molecule has 5 heteroatoms. The standard InChI is InChI=1S/C13H13BrN2O2/c14-13-10(4-6-18-13)12(16-15)9-1-2-11-8(7-9)3-5-17-11/h1-2,4,6-7,12,16H,3,5,15H2. The zero-order valence-electron chi connectivity index (χ0n) is 9.65. The molecule has 0 aliphatic carbocycles. The van der Waals surface area contributed by atoms with E-state index in [1.54, 1.807) is 6.26 Å². The summed E-state index contributed by atoms with van der Waals surface area (Å²) in [7, 11) is 0. The van der Waals surface area contributed by atoms with E-state index >= 15 is 0 Å². The molecular weight excluding hydrogens is 296 g/mol. The molecule has 0 bridgehead atoms. The van der Waals surface area contributed by atoms with Crippen LogP contribution in [0, 0.1) is 0 Å². The van der Waals surface area contributed by atoms with Crippen molar-refractivity contribution in [2.24, 2.45) is 5.84 Å². The quantitative estimate of drug-likeness (QED) is 0.676. The average molecular weight is 309 g/mol. The third kappa shape index (κ3) is 1.94. The molecule has 18 heavy (non-hydrogen) atoms. The largest absolute Gasteiger partial charge is 0.493 e. The van der Waals surface area contributed by atoms with Gasteiger partial charge in [0.25, 0.3) is 0 Å². The van der Waals surface area contributed by atoms with Crippen LogP contribution in [0.15, 0.2) is 39.6 Å².